The fraction of sp³-hybridized carbons (Fsp3) is 0.535. The van der Waals surface area contributed by atoms with Crippen molar-refractivity contribution >= 4 is 11.9 Å². The molecule has 1 unspecified atom stereocenters. The third-order valence-corrected chi connectivity index (χ3v) is 8.92. The van der Waals surface area contributed by atoms with E-state index in [1.807, 2.05) is 133 Å². The molecule has 11 heteroatoms. The lowest BCUT2D eigenvalue weighted by atomic mass is 9.73. The number of esters is 2. The van der Waals surface area contributed by atoms with Crippen LogP contribution >= 0.6 is 0 Å². The molecule has 4 rings (SSSR count). The summed E-state index contributed by atoms with van der Waals surface area (Å²) in [7, 11) is 0. The molecule has 1 fully saturated rings. The van der Waals surface area contributed by atoms with E-state index in [0.29, 0.717) is 6.42 Å². The maximum Gasteiger partial charge on any atom is 0.320 e. The van der Waals surface area contributed by atoms with Crippen LogP contribution in [0.4, 0.5) is 0 Å². The van der Waals surface area contributed by atoms with Crippen LogP contribution in [0.3, 0.4) is 0 Å². The Hall–Kier alpha value is -3.68. The second kappa shape index (κ2) is 20.8. The van der Waals surface area contributed by atoms with E-state index in [0.717, 1.165) is 16.7 Å². The fourth-order valence-corrected chi connectivity index (χ4v) is 6.66. The highest BCUT2D eigenvalue weighted by Crippen LogP contribution is 2.37. The lowest BCUT2D eigenvalue weighted by molar-refractivity contribution is -0.184. The van der Waals surface area contributed by atoms with Gasteiger partial charge in [-0.25, -0.2) is 0 Å². The predicted molar refractivity (Wildman–Crippen MR) is 206 cm³/mol. The van der Waals surface area contributed by atoms with Gasteiger partial charge in [-0.3, -0.25) is 14.9 Å². The minimum absolute atomic E-state index is 0.0324. The average molecular weight is 749 g/mol. The first-order chi connectivity index (χ1) is 25.7. The van der Waals surface area contributed by atoms with E-state index in [9.17, 15) is 19.8 Å². The SMILES string of the molecule is CC(C)(C)OC(=O)CC[C@H]1[C@@H](OCc2ccccc2)[C@@H](NCC(=O)OC(C)(C)C)[C@@H](OCc2ccccc2)[C@@H](NCC(O)CO)[C@H]1OCc1ccccc1. The molecule has 0 amide bonds. The second-order valence-electron chi connectivity index (χ2n) is 15.8. The molecule has 0 bridgehead atoms. The van der Waals surface area contributed by atoms with Gasteiger partial charge in [0.15, 0.2) is 0 Å². The molecule has 0 aromatic heterocycles. The first kappa shape index (κ1) is 43.1. The molecule has 0 radical (unpaired) electrons. The number of benzene rings is 3. The molecule has 54 heavy (non-hydrogen) atoms. The number of nitrogens with one attached hydrogen (secondary N) is 2. The first-order valence-electron chi connectivity index (χ1n) is 18.9. The maximum atomic E-state index is 13.3. The Kier molecular flexibility index (Phi) is 16.6. The van der Waals surface area contributed by atoms with Gasteiger partial charge >= 0.3 is 11.9 Å². The van der Waals surface area contributed by atoms with Gasteiger partial charge in [-0.05, 0) is 64.7 Å². The fourth-order valence-electron chi connectivity index (χ4n) is 6.66. The summed E-state index contributed by atoms with van der Waals surface area (Å²) < 4.78 is 32.0. The van der Waals surface area contributed by atoms with Crippen LogP contribution in [0.15, 0.2) is 91.0 Å². The van der Waals surface area contributed by atoms with Crippen molar-refractivity contribution in [1.29, 1.82) is 0 Å². The van der Waals surface area contributed by atoms with Crippen LogP contribution in [0.1, 0.15) is 71.1 Å². The smallest absolute Gasteiger partial charge is 0.320 e. The summed E-state index contributed by atoms with van der Waals surface area (Å²) in [5.41, 5.74) is 1.46. The third-order valence-electron chi connectivity index (χ3n) is 8.92. The van der Waals surface area contributed by atoms with E-state index in [2.05, 4.69) is 10.6 Å². The molecule has 1 aliphatic carbocycles. The number of hydrogen-bond acceptors (Lipinski definition) is 11. The van der Waals surface area contributed by atoms with Crippen molar-refractivity contribution < 1.29 is 43.5 Å². The van der Waals surface area contributed by atoms with Gasteiger partial charge < -0.3 is 39.2 Å². The molecule has 1 saturated carbocycles. The van der Waals surface area contributed by atoms with E-state index >= 15 is 0 Å². The number of ether oxygens (including phenoxy) is 5. The first-order valence-corrected chi connectivity index (χ1v) is 18.9. The minimum atomic E-state index is -1.06. The Bertz CT molecular complexity index is 1440. The summed E-state index contributed by atoms with van der Waals surface area (Å²) in [6.07, 6.45) is -2.62. The Morgan fingerprint density at radius 2 is 1.04 bits per heavy atom. The van der Waals surface area contributed by atoms with E-state index in [1.165, 1.54) is 0 Å². The zero-order valence-corrected chi connectivity index (χ0v) is 32.6. The molecule has 11 nitrogen and oxygen atoms in total. The molecule has 1 aliphatic rings. The lowest BCUT2D eigenvalue weighted by Crippen LogP contribution is -2.71. The molecule has 0 aliphatic heterocycles. The molecule has 4 N–H and O–H groups in total. The van der Waals surface area contributed by atoms with Gasteiger partial charge in [0.25, 0.3) is 0 Å². The van der Waals surface area contributed by atoms with Gasteiger partial charge in [-0.1, -0.05) is 91.0 Å². The van der Waals surface area contributed by atoms with Crippen LogP contribution in [0.5, 0.6) is 0 Å². The molecule has 3 aromatic rings. The van der Waals surface area contributed by atoms with E-state index < -0.39 is 66.2 Å². The monoisotopic (exact) mass is 748 g/mol. The molecular weight excluding hydrogens is 688 g/mol. The predicted octanol–water partition coefficient (Wildman–Crippen LogP) is 5.11. The van der Waals surface area contributed by atoms with Gasteiger partial charge in [-0.15, -0.1) is 0 Å². The van der Waals surface area contributed by atoms with E-state index in [4.69, 9.17) is 23.7 Å². The van der Waals surface area contributed by atoms with Crippen molar-refractivity contribution in [3.63, 3.8) is 0 Å². The highest BCUT2D eigenvalue weighted by atomic mass is 16.6. The zero-order valence-electron chi connectivity index (χ0n) is 32.6. The topological polar surface area (TPSA) is 145 Å². The number of aliphatic hydroxyl groups excluding tert-OH is 2. The molecule has 0 heterocycles. The zero-order chi connectivity index (χ0) is 39.1. The van der Waals surface area contributed by atoms with Crippen molar-refractivity contribution in [3.05, 3.63) is 108 Å². The summed E-state index contributed by atoms with van der Waals surface area (Å²) in [6.45, 7) is 11.1. The number of carbonyl (C=O) groups is 2. The lowest BCUT2D eigenvalue weighted by Gasteiger charge is -2.51. The third kappa shape index (κ3) is 14.5. The van der Waals surface area contributed by atoms with E-state index in [-0.39, 0.29) is 45.3 Å². The Labute approximate surface area is 320 Å². The van der Waals surface area contributed by atoms with Crippen LogP contribution in [0.25, 0.3) is 0 Å². The van der Waals surface area contributed by atoms with Gasteiger partial charge in [0, 0.05) is 18.9 Å². The number of rotatable bonds is 19. The standard InChI is InChI=1S/C43H60N2O9/c1-42(2,3)53-35(48)23-22-34-39(50-27-30-16-10-7-11-17-30)37(44-24-33(47)26-46)41(52-29-32-20-14-9-15-21-32)38(45-25-36(49)54-43(4,5)6)40(34)51-28-31-18-12-8-13-19-31/h7-21,33-34,37-41,44-47H,22-29H2,1-6H3/t33?,34-,37+,38-,39+,40-,41+/m1/s1. The Balaban J connectivity index is 1.82. The average Bonchev–Trinajstić information content (AvgIpc) is 3.13. The highest BCUT2D eigenvalue weighted by molar-refractivity contribution is 5.72. The largest absolute Gasteiger partial charge is 0.460 e. The van der Waals surface area contributed by atoms with Crippen LogP contribution in [-0.2, 0) is 53.1 Å². The highest BCUT2D eigenvalue weighted by Gasteiger charge is 2.53. The number of hydrogen-bond donors (Lipinski definition) is 4. The quantitative estimate of drug-likeness (QED) is 0.122. The van der Waals surface area contributed by atoms with Crippen LogP contribution in [0.2, 0.25) is 0 Å². The van der Waals surface area contributed by atoms with Gasteiger partial charge in [0.2, 0.25) is 0 Å². The summed E-state index contributed by atoms with van der Waals surface area (Å²) >= 11 is 0. The maximum absolute atomic E-state index is 13.3. The van der Waals surface area contributed by atoms with E-state index in [1.54, 1.807) is 0 Å². The minimum Gasteiger partial charge on any atom is -0.460 e. The number of carbonyl (C=O) groups excluding carboxylic acids is 2. The Morgan fingerprint density at radius 3 is 1.46 bits per heavy atom. The molecule has 3 aromatic carbocycles. The molecule has 0 spiro atoms. The van der Waals surface area contributed by atoms with Gasteiger partial charge in [0.05, 0.1) is 69.5 Å². The number of aliphatic hydroxyl groups is 2. The van der Waals surface area contributed by atoms with Crippen LogP contribution < -0.4 is 10.6 Å². The molecule has 296 valence electrons. The van der Waals surface area contributed by atoms with Crippen LogP contribution in [-0.4, -0.2) is 89.5 Å². The summed E-state index contributed by atoms with van der Waals surface area (Å²) in [5.74, 6) is -1.24. The summed E-state index contributed by atoms with van der Waals surface area (Å²) in [6, 6.07) is 28.1. The molecule has 7 atom stereocenters. The van der Waals surface area contributed by atoms with Gasteiger partial charge in [0.1, 0.15) is 11.2 Å². The normalized spacial score (nSPS) is 22.4. The van der Waals surface area contributed by atoms with Gasteiger partial charge in [-0.2, -0.15) is 0 Å². The Morgan fingerprint density at radius 1 is 0.630 bits per heavy atom. The van der Waals surface area contributed by atoms with Crippen molar-refractivity contribution in [1.82, 2.24) is 10.6 Å². The second-order valence-corrected chi connectivity index (χ2v) is 15.8. The summed E-state index contributed by atoms with van der Waals surface area (Å²) in [4.78, 5) is 26.5. The van der Waals surface area contributed by atoms with Crippen molar-refractivity contribution in [2.45, 2.75) is 122 Å². The summed E-state index contributed by atoms with van der Waals surface area (Å²) in [5, 5.41) is 27.3. The molecule has 0 saturated heterocycles. The van der Waals surface area contributed by atoms with Crippen molar-refractivity contribution in [2.24, 2.45) is 5.92 Å². The van der Waals surface area contributed by atoms with Crippen molar-refractivity contribution in [3.8, 4) is 0 Å². The van der Waals surface area contributed by atoms with Crippen LogP contribution in [0, 0.1) is 5.92 Å². The van der Waals surface area contributed by atoms with Crippen molar-refractivity contribution in [2.75, 3.05) is 19.7 Å². The molecular formula is C43H60N2O9.